The van der Waals surface area contributed by atoms with Crippen LogP contribution in [0.25, 0.3) is 0 Å². The molecule has 6 heteroatoms. The van der Waals surface area contributed by atoms with Gasteiger partial charge in [-0.1, -0.05) is 26.0 Å². The first kappa shape index (κ1) is 22.0. The highest BCUT2D eigenvalue weighted by Crippen LogP contribution is 2.07. The predicted molar refractivity (Wildman–Crippen MR) is 105 cm³/mol. The Kier molecular flexibility index (Phi) is 11.1. The smallest absolute Gasteiger partial charge is 0.338 e. The van der Waals surface area contributed by atoms with Gasteiger partial charge in [0.2, 0.25) is 0 Å². The van der Waals surface area contributed by atoms with E-state index in [1.54, 1.807) is 19.1 Å². The predicted octanol–water partition coefficient (Wildman–Crippen LogP) is 2.98. The van der Waals surface area contributed by atoms with Crippen molar-refractivity contribution in [3.63, 3.8) is 0 Å². The van der Waals surface area contributed by atoms with E-state index in [4.69, 9.17) is 9.47 Å². The van der Waals surface area contributed by atoms with E-state index in [0.717, 1.165) is 44.2 Å². The van der Waals surface area contributed by atoms with Gasteiger partial charge in [0.1, 0.15) is 0 Å². The van der Waals surface area contributed by atoms with E-state index in [-0.39, 0.29) is 5.97 Å². The fourth-order valence-corrected chi connectivity index (χ4v) is 2.17. The number of nitrogens with one attached hydrogen (secondary N) is 2. The molecule has 0 aliphatic heterocycles. The van der Waals surface area contributed by atoms with Crippen LogP contribution in [0.1, 0.15) is 50.0 Å². The van der Waals surface area contributed by atoms with Crippen LogP contribution >= 0.6 is 0 Å². The van der Waals surface area contributed by atoms with Crippen molar-refractivity contribution in [3.05, 3.63) is 35.4 Å². The van der Waals surface area contributed by atoms with E-state index < -0.39 is 0 Å². The van der Waals surface area contributed by atoms with E-state index >= 15 is 0 Å². The third kappa shape index (κ3) is 9.42. The Bertz CT molecular complexity index is 542. The van der Waals surface area contributed by atoms with Crippen LogP contribution in [0.15, 0.2) is 29.3 Å². The Labute approximate surface area is 157 Å². The summed E-state index contributed by atoms with van der Waals surface area (Å²) in [6, 6.07) is 7.35. The van der Waals surface area contributed by atoms with Gasteiger partial charge in [0.25, 0.3) is 0 Å². The molecule has 146 valence electrons. The van der Waals surface area contributed by atoms with Gasteiger partial charge in [0.15, 0.2) is 5.96 Å². The number of guanidine groups is 1. The first-order chi connectivity index (χ1) is 12.6. The molecule has 0 saturated carbocycles. The van der Waals surface area contributed by atoms with E-state index in [9.17, 15) is 4.79 Å². The molecule has 0 saturated heterocycles. The van der Waals surface area contributed by atoms with Gasteiger partial charge in [0.05, 0.1) is 18.7 Å². The Morgan fingerprint density at radius 3 is 2.50 bits per heavy atom. The summed E-state index contributed by atoms with van der Waals surface area (Å²) in [4.78, 5) is 16.2. The Morgan fingerprint density at radius 2 is 1.88 bits per heavy atom. The minimum atomic E-state index is -0.294. The van der Waals surface area contributed by atoms with Crippen molar-refractivity contribution < 1.29 is 14.3 Å². The molecule has 0 aliphatic carbocycles. The van der Waals surface area contributed by atoms with E-state index in [1.165, 1.54) is 0 Å². The quantitative estimate of drug-likeness (QED) is 0.274. The van der Waals surface area contributed by atoms with Crippen LogP contribution in [-0.4, -0.2) is 44.8 Å². The maximum atomic E-state index is 11.7. The molecule has 1 aromatic rings. The molecule has 0 heterocycles. The van der Waals surface area contributed by atoms with E-state index in [1.807, 2.05) is 19.1 Å². The van der Waals surface area contributed by atoms with Gasteiger partial charge in [-0.3, -0.25) is 0 Å². The fraction of sp³-hybridized carbons (Fsp3) is 0.600. The van der Waals surface area contributed by atoms with Crippen LogP contribution in [0.5, 0.6) is 0 Å². The molecular weight excluding hydrogens is 330 g/mol. The maximum absolute atomic E-state index is 11.7. The van der Waals surface area contributed by atoms with E-state index in [0.29, 0.717) is 24.6 Å². The van der Waals surface area contributed by atoms with Gasteiger partial charge < -0.3 is 20.1 Å². The fourth-order valence-electron chi connectivity index (χ4n) is 2.17. The summed E-state index contributed by atoms with van der Waals surface area (Å²) in [5.74, 6) is 1.06. The average Bonchev–Trinajstić information content (AvgIpc) is 2.62. The number of carbonyl (C=O) groups is 1. The van der Waals surface area contributed by atoms with Crippen LogP contribution in [0, 0.1) is 5.92 Å². The number of hydrogen-bond donors (Lipinski definition) is 2. The Balaban J connectivity index is 2.43. The first-order valence-corrected chi connectivity index (χ1v) is 9.42. The van der Waals surface area contributed by atoms with Gasteiger partial charge in [-0.05, 0) is 43.9 Å². The summed E-state index contributed by atoms with van der Waals surface area (Å²) in [6.07, 6.45) is 0.936. The molecule has 2 N–H and O–H groups in total. The molecule has 0 aliphatic rings. The average molecular weight is 364 g/mol. The molecule has 0 aromatic heterocycles. The summed E-state index contributed by atoms with van der Waals surface area (Å²) < 4.78 is 10.6. The summed E-state index contributed by atoms with van der Waals surface area (Å²) in [6.45, 7) is 12.2. The summed E-state index contributed by atoms with van der Waals surface area (Å²) >= 11 is 0. The highest BCUT2D eigenvalue weighted by atomic mass is 16.5. The molecular formula is C20H33N3O3. The number of nitrogens with zero attached hydrogens (tertiary/aromatic N) is 1. The molecule has 0 fully saturated rings. The van der Waals surface area contributed by atoms with Gasteiger partial charge in [-0.15, -0.1) is 0 Å². The Hall–Kier alpha value is -2.08. The number of esters is 1. The van der Waals surface area contributed by atoms with Crippen molar-refractivity contribution in [2.45, 2.75) is 40.7 Å². The second-order valence-corrected chi connectivity index (χ2v) is 6.36. The topological polar surface area (TPSA) is 72.0 Å². The van der Waals surface area contributed by atoms with E-state index in [2.05, 4.69) is 29.5 Å². The lowest BCUT2D eigenvalue weighted by molar-refractivity contribution is 0.0526. The minimum Gasteiger partial charge on any atom is -0.462 e. The number of hydrogen-bond acceptors (Lipinski definition) is 4. The molecule has 0 amide bonds. The van der Waals surface area contributed by atoms with Crippen LogP contribution < -0.4 is 10.6 Å². The molecule has 1 aromatic carbocycles. The molecule has 0 spiro atoms. The number of ether oxygens (including phenoxy) is 2. The number of carbonyl (C=O) groups excluding carboxylic acids is 1. The van der Waals surface area contributed by atoms with Gasteiger partial charge >= 0.3 is 5.97 Å². The molecule has 1 rings (SSSR count). The third-order valence-electron chi connectivity index (χ3n) is 3.44. The SMILES string of the molecule is CCNC(=NCc1ccc(C(=O)OCC)cc1)NCCCOCC(C)C. The lowest BCUT2D eigenvalue weighted by Gasteiger charge is -2.12. The summed E-state index contributed by atoms with van der Waals surface area (Å²) in [7, 11) is 0. The number of aliphatic imine (C=N–C) groups is 1. The highest BCUT2D eigenvalue weighted by molar-refractivity contribution is 5.89. The molecule has 0 atom stereocenters. The zero-order chi connectivity index (χ0) is 19.2. The standard InChI is InChI=1S/C20H33N3O3/c1-5-21-20(22-12-7-13-25-15-16(3)4)23-14-17-8-10-18(11-9-17)19(24)26-6-2/h8-11,16H,5-7,12-15H2,1-4H3,(H2,21,22,23). The van der Waals surface area contributed by atoms with Crippen LogP contribution in [0.3, 0.4) is 0 Å². The monoisotopic (exact) mass is 363 g/mol. The largest absolute Gasteiger partial charge is 0.462 e. The zero-order valence-corrected chi connectivity index (χ0v) is 16.5. The number of benzene rings is 1. The summed E-state index contributed by atoms with van der Waals surface area (Å²) in [5, 5.41) is 6.54. The third-order valence-corrected chi connectivity index (χ3v) is 3.44. The van der Waals surface area contributed by atoms with Gasteiger partial charge in [-0.2, -0.15) is 0 Å². The molecule has 26 heavy (non-hydrogen) atoms. The van der Waals surface area contributed by atoms with Crippen molar-refractivity contribution in [1.82, 2.24) is 10.6 Å². The number of rotatable bonds is 11. The van der Waals surface area contributed by atoms with Crippen molar-refractivity contribution >= 4 is 11.9 Å². The summed E-state index contributed by atoms with van der Waals surface area (Å²) in [5.41, 5.74) is 1.60. The lowest BCUT2D eigenvalue weighted by Crippen LogP contribution is -2.38. The maximum Gasteiger partial charge on any atom is 0.338 e. The van der Waals surface area contributed by atoms with Gasteiger partial charge in [0, 0.05) is 26.3 Å². The lowest BCUT2D eigenvalue weighted by atomic mass is 10.1. The van der Waals surface area contributed by atoms with Crippen LogP contribution in [-0.2, 0) is 16.0 Å². The molecule has 0 bridgehead atoms. The zero-order valence-electron chi connectivity index (χ0n) is 16.5. The second kappa shape index (κ2) is 13.2. The van der Waals surface area contributed by atoms with Crippen LogP contribution in [0.4, 0.5) is 0 Å². The molecule has 6 nitrogen and oxygen atoms in total. The minimum absolute atomic E-state index is 0.294. The van der Waals surface area contributed by atoms with Crippen molar-refractivity contribution in [2.24, 2.45) is 10.9 Å². The van der Waals surface area contributed by atoms with Crippen LogP contribution in [0.2, 0.25) is 0 Å². The second-order valence-electron chi connectivity index (χ2n) is 6.36. The first-order valence-electron chi connectivity index (χ1n) is 9.42. The molecule has 0 radical (unpaired) electrons. The van der Waals surface area contributed by atoms with Crippen molar-refractivity contribution in [1.29, 1.82) is 0 Å². The van der Waals surface area contributed by atoms with Crippen molar-refractivity contribution in [3.8, 4) is 0 Å². The van der Waals surface area contributed by atoms with Gasteiger partial charge in [-0.25, -0.2) is 9.79 Å². The van der Waals surface area contributed by atoms with Crippen molar-refractivity contribution in [2.75, 3.05) is 32.9 Å². The normalized spacial score (nSPS) is 11.5. The molecule has 0 unspecified atom stereocenters. The highest BCUT2D eigenvalue weighted by Gasteiger charge is 2.05. The Morgan fingerprint density at radius 1 is 1.15 bits per heavy atom.